The highest BCUT2D eigenvalue weighted by atomic mass is 32.5. The molecule has 4 rings (SSSR count). The van der Waals surface area contributed by atoms with Crippen molar-refractivity contribution in [3.05, 3.63) is 16.7 Å². The van der Waals surface area contributed by atoms with Gasteiger partial charge in [0.1, 0.15) is 17.8 Å². The summed E-state index contributed by atoms with van der Waals surface area (Å²) in [5.41, 5.74) is 4.12. The summed E-state index contributed by atoms with van der Waals surface area (Å²) in [4.78, 5) is 34.1. The molecular formula is C20H32N5O6PS. The predicted octanol–water partition coefficient (Wildman–Crippen LogP) is 2.61. The average Bonchev–Trinajstić information content (AvgIpc) is 3.06. The van der Waals surface area contributed by atoms with E-state index in [1.165, 1.54) is 6.33 Å². The molecule has 2 saturated heterocycles. The molecule has 2 fully saturated rings. The largest absolute Gasteiger partial charge is 0.371 e. The van der Waals surface area contributed by atoms with Crippen molar-refractivity contribution in [1.82, 2.24) is 19.5 Å². The van der Waals surface area contributed by atoms with Gasteiger partial charge in [-0.1, -0.05) is 20.8 Å². The Balaban J connectivity index is 1.78. The minimum absolute atomic E-state index is 0.0298. The highest BCUT2D eigenvalue weighted by Gasteiger charge is 2.62. The molecule has 1 unspecified atom stereocenters. The van der Waals surface area contributed by atoms with E-state index in [9.17, 15) is 9.69 Å². The predicted molar refractivity (Wildman–Crippen MR) is 126 cm³/mol. The van der Waals surface area contributed by atoms with E-state index in [4.69, 9.17) is 36.1 Å². The van der Waals surface area contributed by atoms with Crippen LogP contribution in [0.4, 0.5) is 5.95 Å². The zero-order chi connectivity index (χ0) is 24.4. The van der Waals surface area contributed by atoms with Crippen LogP contribution < -0.4 is 11.3 Å². The van der Waals surface area contributed by atoms with Crippen LogP contribution in [-0.4, -0.2) is 54.4 Å². The number of nitrogens with zero attached hydrogens (tertiary/aromatic N) is 3. The second-order valence-electron chi connectivity index (χ2n) is 10.9. The molecule has 2 aromatic heterocycles. The Kier molecular flexibility index (Phi) is 6.05. The normalized spacial score (nSPS) is 30.0. The van der Waals surface area contributed by atoms with Crippen molar-refractivity contribution in [2.75, 3.05) is 12.3 Å². The zero-order valence-corrected chi connectivity index (χ0v) is 21.4. The van der Waals surface area contributed by atoms with Crippen LogP contribution in [0.1, 0.15) is 60.6 Å². The molecule has 2 aliphatic rings. The summed E-state index contributed by atoms with van der Waals surface area (Å²) in [7, 11) is 0. The Morgan fingerprint density at radius 2 is 2.09 bits per heavy atom. The molecule has 0 amide bonds. The average molecular weight is 502 g/mol. The molecular weight excluding hydrogens is 469 g/mol. The molecule has 2 aromatic rings. The van der Waals surface area contributed by atoms with E-state index in [1.807, 2.05) is 0 Å². The van der Waals surface area contributed by atoms with Gasteiger partial charge >= 0.3 is 6.72 Å². The molecule has 4 heterocycles. The fourth-order valence-corrected chi connectivity index (χ4v) is 6.99. The van der Waals surface area contributed by atoms with Crippen molar-refractivity contribution in [2.24, 2.45) is 5.41 Å². The minimum Gasteiger partial charge on any atom is -0.371 e. The Labute approximate surface area is 197 Å². The van der Waals surface area contributed by atoms with E-state index in [0.717, 1.165) is 0 Å². The van der Waals surface area contributed by atoms with Crippen LogP contribution in [0.5, 0.6) is 0 Å². The van der Waals surface area contributed by atoms with Crippen molar-refractivity contribution < 1.29 is 23.4 Å². The van der Waals surface area contributed by atoms with Crippen molar-refractivity contribution >= 4 is 35.6 Å². The van der Waals surface area contributed by atoms with Crippen LogP contribution in [0.2, 0.25) is 0 Å². The maximum atomic E-state index is 12.3. The molecule has 2 bridgehead atoms. The lowest BCUT2D eigenvalue weighted by molar-refractivity contribution is -0.134. The number of aromatic amines is 1. The van der Waals surface area contributed by atoms with Crippen LogP contribution >= 0.6 is 6.72 Å². The third-order valence-electron chi connectivity index (χ3n) is 5.48. The smallest absolute Gasteiger partial charge is 0.325 e. The van der Waals surface area contributed by atoms with Gasteiger partial charge in [-0.2, -0.15) is 4.98 Å². The number of ether oxygens (including phenoxy) is 2. The molecule has 0 aliphatic carbocycles. The molecule has 5 atom stereocenters. The second kappa shape index (κ2) is 8.08. The topological polar surface area (TPSA) is 147 Å². The molecule has 2 aliphatic heterocycles. The molecule has 0 aromatic carbocycles. The second-order valence-corrected chi connectivity index (χ2v) is 13.6. The summed E-state index contributed by atoms with van der Waals surface area (Å²) < 4.78 is 26.2. The molecule has 4 N–H and O–H groups in total. The number of hydrogen-bond donors (Lipinski definition) is 3. The van der Waals surface area contributed by atoms with Gasteiger partial charge in [-0.3, -0.25) is 18.9 Å². The van der Waals surface area contributed by atoms with E-state index in [1.54, 1.807) is 25.3 Å². The minimum atomic E-state index is -3.63. The first-order valence-corrected chi connectivity index (χ1v) is 13.4. The lowest BCUT2D eigenvalue weighted by Crippen LogP contribution is -2.51. The van der Waals surface area contributed by atoms with Crippen molar-refractivity contribution in [3.63, 3.8) is 0 Å². The van der Waals surface area contributed by atoms with E-state index in [0.29, 0.717) is 19.4 Å². The third-order valence-corrected chi connectivity index (χ3v) is 7.23. The van der Waals surface area contributed by atoms with E-state index in [-0.39, 0.29) is 22.5 Å². The first kappa shape index (κ1) is 24.7. The van der Waals surface area contributed by atoms with Crippen LogP contribution in [0.15, 0.2) is 11.1 Å². The highest BCUT2D eigenvalue weighted by molar-refractivity contribution is 8.07. The number of fused-ring (bicyclic) bond motifs is 3. The fourth-order valence-electron chi connectivity index (χ4n) is 4.70. The summed E-state index contributed by atoms with van der Waals surface area (Å²) in [6.07, 6.45) is 0.570. The van der Waals surface area contributed by atoms with Gasteiger partial charge in [0, 0.05) is 6.42 Å². The van der Waals surface area contributed by atoms with Gasteiger partial charge < -0.3 is 24.6 Å². The van der Waals surface area contributed by atoms with E-state index >= 15 is 0 Å². The van der Waals surface area contributed by atoms with Crippen LogP contribution in [0, 0.1) is 5.41 Å². The van der Waals surface area contributed by atoms with Gasteiger partial charge in [-0.05, 0) is 44.4 Å². The third kappa shape index (κ3) is 5.02. The Bertz CT molecular complexity index is 1150. The van der Waals surface area contributed by atoms with Crippen molar-refractivity contribution in [3.8, 4) is 0 Å². The lowest BCUT2D eigenvalue weighted by atomic mass is 9.76. The lowest BCUT2D eigenvalue weighted by Gasteiger charge is -2.43. The van der Waals surface area contributed by atoms with Crippen LogP contribution in [-0.2, 0) is 30.3 Å². The van der Waals surface area contributed by atoms with Gasteiger partial charge in [0.2, 0.25) is 5.95 Å². The fraction of sp³-hybridized carbons (Fsp3) is 0.750. The van der Waals surface area contributed by atoms with E-state index in [2.05, 4.69) is 35.7 Å². The van der Waals surface area contributed by atoms with Gasteiger partial charge in [0.15, 0.2) is 17.4 Å². The summed E-state index contributed by atoms with van der Waals surface area (Å²) in [6, 6.07) is 0. The standard InChI is InChI=1S/C20H32N5O6PS/c1-18(2,3)9-20-7-8-28-12(13(20)30-32(27,33)31-19(4,5)6)16(29-20)25-10-22-11-14(25)23-17(21)24-15(11)26/h10,12-13,16H,7-9H2,1-6H3,(H,27,33)(H3,21,23,24,26)/t12-,13+,16-,20-,32?/m1/s1. The van der Waals surface area contributed by atoms with Gasteiger partial charge in [0.05, 0.1) is 18.5 Å². The SMILES string of the molecule is CC(C)(C)C[C@@]12CCO[C@@H]([C@H](n3cnc4c(=O)[nH]c(N)nc43)O1)[C@@H]2OP(O)(=S)OC(C)(C)C. The monoisotopic (exact) mass is 501 g/mol. The number of nitrogens with two attached hydrogens (primary N) is 1. The molecule has 184 valence electrons. The quantitative estimate of drug-likeness (QED) is 0.522. The molecule has 0 radical (unpaired) electrons. The van der Waals surface area contributed by atoms with Crippen molar-refractivity contribution in [1.29, 1.82) is 0 Å². The summed E-state index contributed by atoms with van der Waals surface area (Å²) >= 11 is 5.36. The maximum Gasteiger partial charge on any atom is 0.325 e. The summed E-state index contributed by atoms with van der Waals surface area (Å²) in [5.74, 6) is -0.0298. The molecule has 13 heteroatoms. The molecule has 11 nitrogen and oxygen atoms in total. The number of hydrogen-bond acceptors (Lipinski definition) is 9. The summed E-state index contributed by atoms with van der Waals surface area (Å²) in [6.45, 7) is 8.52. The number of H-pyrrole nitrogens is 1. The number of imidazole rings is 1. The zero-order valence-electron chi connectivity index (χ0n) is 19.7. The highest BCUT2D eigenvalue weighted by Crippen LogP contribution is 2.58. The number of aromatic nitrogens is 4. The number of nitrogens with one attached hydrogen (secondary N) is 1. The Hall–Kier alpha value is -1.40. The first-order valence-electron chi connectivity index (χ1n) is 10.8. The molecule has 0 spiro atoms. The van der Waals surface area contributed by atoms with Gasteiger partial charge in [-0.15, -0.1) is 0 Å². The number of rotatable bonds is 5. The summed E-state index contributed by atoms with van der Waals surface area (Å²) in [5, 5.41) is 0. The van der Waals surface area contributed by atoms with Crippen molar-refractivity contribution in [2.45, 2.75) is 84.0 Å². The number of anilines is 1. The molecule has 0 saturated carbocycles. The van der Waals surface area contributed by atoms with Gasteiger partial charge in [-0.25, -0.2) is 4.98 Å². The van der Waals surface area contributed by atoms with E-state index < -0.39 is 41.9 Å². The maximum absolute atomic E-state index is 12.3. The van der Waals surface area contributed by atoms with Crippen LogP contribution in [0.25, 0.3) is 11.2 Å². The number of nitrogen functional groups attached to an aromatic ring is 1. The van der Waals surface area contributed by atoms with Crippen LogP contribution in [0.3, 0.4) is 0 Å². The Morgan fingerprint density at radius 1 is 1.39 bits per heavy atom. The van der Waals surface area contributed by atoms with Gasteiger partial charge in [0.25, 0.3) is 5.56 Å². The Morgan fingerprint density at radius 3 is 2.73 bits per heavy atom. The molecule has 33 heavy (non-hydrogen) atoms. The first-order chi connectivity index (χ1) is 15.1.